The molecule has 8 heteroatoms. The number of amides is 1. The van der Waals surface area contributed by atoms with Crippen molar-refractivity contribution in [3.8, 4) is 11.5 Å². The Hall–Kier alpha value is -3.81. The molecule has 0 saturated heterocycles. The zero-order valence-electron chi connectivity index (χ0n) is 21.0. The predicted octanol–water partition coefficient (Wildman–Crippen LogP) is 6.41. The first-order valence-electron chi connectivity index (χ1n) is 11.3. The molecule has 186 valence electrons. The van der Waals surface area contributed by atoms with Crippen LogP contribution in [0.1, 0.15) is 52.8 Å². The van der Waals surface area contributed by atoms with Crippen LogP contribution in [0.5, 0.6) is 11.5 Å². The second kappa shape index (κ2) is 10.2. The SMILES string of the molecule is CC(C)(C)OC(=O)Oc1ccc2nc(CN(C(=O)O)C(C)(C)C)cc(OCc3ccccc3)c2c1. The van der Waals surface area contributed by atoms with Crippen molar-refractivity contribution < 1.29 is 28.9 Å². The van der Waals surface area contributed by atoms with E-state index >= 15 is 0 Å². The Labute approximate surface area is 205 Å². The highest BCUT2D eigenvalue weighted by Gasteiger charge is 2.27. The fourth-order valence-corrected chi connectivity index (χ4v) is 3.35. The van der Waals surface area contributed by atoms with E-state index in [0.717, 1.165) is 5.56 Å². The Morgan fingerprint density at radius 3 is 2.26 bits per heavy atom. The highest BCUT2D eigenvalue weighted by Crippen LogP contribution is 2.31. The average Bonchev–Trinajstić information content (AvgIpc) is 2.74. The number of carboxylic acid groups (broad SMARTS) is 1. The number of hydrogen-bond donors (Lipinski definition) is 1. The van der Waals surface area contributed by atoms with E-state index in [4.69, 9.17) is 14.2 Å². The molecule has 1 N–H and O–H groups in total. The van der Waals surface area contributed by atoms with Gasteiger partial charge in [0, 0.05) is 17.0 Å². The van der Waals surface area contributed by atoms with Gasteiger partial charge >= 0.3 is 12.2 Å². The van der Waals surface area contributed by atoms with E-state index in [2.05, 4.69) is 4.98 Å². The largest absolute Gasteiger partial charge is 0.514 e. The van der Waals surface area contributed by atoms with Crippen LogP contribution in [0, 0.1) is 0 Å². The average molecular weight is 481 g/mol. The van der Waals surface area contributed by atoms with Crippen molar-refractivity contribution >= 4 is 23.2 Å². The van der Waals surface area contributed by atoms with E-state index in [0.29, 0.717) is 29.0 Å². The van der Waals surface area contributed by atoms with E-state index in [-0.39, 0.29) is 12.3 Å². The van der Waals surface area contributed by atoms with Crippen LogP contribution < -0.4 is 9.47 Å². The molecule has 0 unspecified atom stereocenters. The molecule has 0 atom stereocenters. The van der Waals surface area contributed by atoms with E-state index in [1.807, 2.05) is 51.1 Å². The van der Waals surface area contributed by atoms with Gasteiger partial charge in [-0.05, 0) is 65.3 Å². The lowest BCUT2D eigenvalue weighted by Gasteiger charge is -2.33. The van der Waals surface area contributed by atoms with Gasteiger partial charge in [0.05, 0.1) is 17.8 Å². The molecule has 0 aliphatic rings. The van der Waals surface area contributed by atoms with Crippen molar-refractivity contribution in [2.24, 2.45) is 0 Å². The van der Waals surface area contributed by atoms with Crippen molar-refractivity contribution in [2.75, 3.05) is 0 Å². The van der Waals surface area contributed by atoms with E-state index < -0.39 is 23.4 Å². The van der Waals surface area contributed by atoms with Crippen LogP contribution >= 0.6 is 0 Å². The summed E-state index contributed by atoms with van der Waals surface area (Å²) in [6.45, 7) is 11.2. The van der Waals surface area contributed by atoms with Crippen molar-refractivity contribution in [1.82, 2.24) is 9.88 Å². The Morgan fingerprint density at radius 2 is 1.66 bits per heavy atom. The van der Waals surface area contributed by atoms with Crippen molar-refractivity contribution in [3.63, 3.8) is 0 Å². The number of carbonyl (C=O) groups excluding carboxylic acids is 1. The normalized spacial score (nSPS) is 11.7. The lowest BCUT2D eigenvalue weighted by atomic mass is 10.1. The molecule has 8 nitrogen and oxygen atoms in total. The topological polar surface area (TPSA) is 98.2 Å². The summed E-state index contributed by atoms with van der Waals surface area (Å²) >= 11 is 0. The minimum absolute atomic E-state index is 0.0899. The Bertz CT molecular complexity index is 1200. The fourth-order valence-electron chi connectivity index (χ4n) is 3.35. The molecule has 0 saturated carbocycles. The zero-order valence-corrected chi connectivity index (χ0v) is 21.0. The Balaban J connectivity index is 1.98. The lowest BCUT2D eigenvalue weighted by Crippen LogP contribution is -2.44. The van der Waals surface area contributed by atoms with E-state index in [1.165, 1.54) is 4.90 Å². The molecule has 1 amide bonds. The third-order valence-corrected chi connectivity index (χ3v) is 4.98. The summed E-state index contributed by atoms with van der Waals surface area (Å²) in [5.74, 6) is 0.787. The van der Waals surface area contributed by atoms with Gasteiger partial charge in [-0.25, -0.2) is 9.59 Å². The molecular weight excluding hydrogens is 448 g/mol. The van der Waals surface area contributed by atoms with Gasteiger partial charge in [-0.1, -0.05) is 30.3 Å². The van der Waals surface area contributed by atoms with Crippen LogP contribution in [0.25, 0.3) is 10.9 Å². The van der Waals surface area contributed by atoms with Crippen LogP contribution in [-0.2, 0) is 17.9 Å². The smallest absolute Gasteiger partial charge is 0.488 e. The molecule has 3 rings (SSSR count). The van der Waals surface area contributed by atoms with Crippen molar-refractivity contribution in [1.29, 1.82) is 0 Å². The van der Waals surface area contributed by atoms with Gasteiger partial charge in [-0.2, -0.15) is 0 Å². The third kappa shape index (κ3) is 7.34. The Kier molecular flexibility index (Phi) is 7.53. The molecule has 35 heavy (non-hydrogen) atoms. The predicted molar refractivity (Wildman–Crippen MR) is 133 cm³/mol. The van der Waals surface area contributed by atoms with Crippen LogP contribution in [0.4, 0.5) is 9.59 Å². The fraction of sp³-hybridized carbons (Fsp3) is 0.370. The monoisotopic (exact) mass is 480 g/mol. The number of benzene rings is 2. The number of pyridine rings is 1. The maximum atomic E-state index is 12.1. The standard InChI is InChI=1S/C27H32N2O6/c1-26(2,3)29(24(30)31)16-19-14-23(33-17-18-10-8-7-9-11-18)21-15-20(12-13-22(21)28-19)34-25(32)35-27(4,5)6/h7-15H,16-17H2,1-6H3,(H,30,31). The maximum absolute atomic E-state index is 12.1. The number of aromatic nitrogens is 1. The molecule has 1 heterocycles. The molecular formula is C27H32N2O6. The quantitative estimate of drug-likeness (QED) is 0.322. The van der Waals surface area contributed by atoms with Gasteiger partial charge in [0.1, 0.15) is 23.7 Å². The first-order chi connectivity index (χ1) is 16.3. The maximum Gasteiger partial charge on any atom is 0.514 e. The molecule has 2 aromatic carbocycles. The van der Waals surface area contributed by atoms with Crippen LogP contribution in [0.2, 0.25) is 0 Å². The molecule has 1 aromatic heterocycles. The van der Waals surface area contributed by atoms with Gasteiger partial charge < -0.3 is 19.3 Å². The van der Waals surface area contributed by atoms with Gasteiger partial charge in [0.25, 0.3) is 0 Å². The van der Waals surface area contributed by atoms with Crippen LogP contribution in [-0.4, -0.2) is 38.4 Å². The summed E-state index contributed by atoms with van der Waals surface area (Å²) in [5, 5.41) is 10.3. The molecule has 0 bridgehead atoms. The summed E-state index contributed by atoms with van der Waals surface area (Å²) in [4.78, 5) is 30.0. The molecule has 0 radical (unpaired) electrons. The highest BCUT2D eigenvalue weighted by atomic mass is 16.7. The summed E-state index contributed by atoms with van der Waals surface area (Å²) in [7, 11) is 0. The van der Waals surface area contributed by atoms with Crippen LogP contribution in [0.3, 0.4) is 0 Å². The number of nitrogens with zero attached hydrogens (tertiary/aromatic N) is 2. The van der Waals surface area contributed by atoms with Crippen LogP contribution in [0.15, 0.2) is 54.6 Å². The van der Waals surface area contributed by atoms with Gasteiger partial charge in [0.15, 0.2) is 0 Å². The summed E-state index contributed by atoms with van der Waals surface area (Å²) in [5.41, 5.74) is 0.804. The number of hydrogen-bond acceptors (Lipinski definition) is 6. The number of rotatable bonds is 6. The van der Waals surface area contributed by atoms with Gasteiger partial charge in [0.2, 0.25) is 0 Å². The highest BCUT2D eigenvalue weighted by molar-refractivity contribution is 5.87. The molecule has 0 aliphatic heterocycles. The van der Waals surface area contributed by atoms with E-state index in [9.17, 15) is 14.7 Å². The molecule has 0 aliphatic carbocycles. The number of ether oxygens (including phenoxy) is 3. The second-order valence-electron chi connectivity index (χ2n) is 10.2. The molecule has 0 fully saturated rings. The first-order valence-corrected chi connectivity index (χ1v) is 11.3. The van der Waals surface area contributed by atoms with Gasteiger partial charge in [-0.15, -0.1) is 0 Å². The minimum Gasteiger partial charge on any atom is -0.488 e. The molecule has 3 aromatic rings. The summed E-state index contributed by atoms with van der Waals surface area (Å²) in [6, 6.07) is 16.4. The summed E-state index contributed by atoms with van der Waals surface area (Å²) < 4.78 is 16.7. The lowest BCUT2D eigenvalue weighted by molar-refractivity contribution is 0.0206. The zero-order chi connectivity index (χ0) is 25.8. The summed E-state index contributed by atoms with van der Waals surface area (Å²) in [6.07, 6.45) is -1.84. The third-order valence-electron chi connectivity index (χ3n) is 4.98. The second-order valence-corrected chi connectivity index (χ2v) is 10.2. The molecule has 0 spiro atoms. The van der Waals surface area contributed by atoms with Crippen molar-refractivity contribution in [3.05, 3.63) is 65.9 Å². The number of carbonyl (C=O) groups is 2. The van der Waals surface area contributed by atoms with Gasteiger partial charge in [-0.3, -0.25) is 9.88 Å². The van der Waals surface area contributed by atoms with E-state index in [1.54, 1.807) is 45.0 Å². The number of fused-ring (bicyclic) bond motifs is 1. The van der Waals surface area contributed by atoms with Crippen molar-refractivity contribution in [2.45, 2.75) is 65.8 Å². The Morgan fingerprint density at radius 1 is 0.971 bits per heavy atom. The minimum atomic E-state index is -1.03. The first kappa shape index (κ1) is 25.8.